The van der Waals surface area contributed by atoms with Gasteiger partial charge < -0.3 is 15.2 Å². The van der Waals surface area contributed by atoms with Gasteiger partial charge in [0.25, 0.3) is 5.91 Å². The zero-order valence-electron chi connectivity index (χ0n) is 10.5. The average molecular weight is 312 g/mol. The van der Waals surface area contributed by atoms with Crippen LogP contribution >= 0.6 is 23.2 Å². The second kappa shape index (κ2) is 6.03. The lowest BCUT2D eigenvalue weighted by Crippen LogP contribution is -2.13. The number of hydrogen-bond donors (Lipinski definition) is 2. The van der Waals surface area contributed by atoms with Crippen LogP contribution in [-0.2, 0) is 0 Å². The summed E-state index contributed by atoms with van der Waals surface area (Å²) >= 11 is 11.9. The molecule has 2 rings (SSSR count). The third kappa shape index (κ3) is 3.15. The van der Waals surface area contributed by atoms with Gasteiger partial charge in [0.2, 0.25) is 0 Å². The van der Waals surface area contributed by atoms with Crippen LogP contribution in [0.3, 0.4) is 0 Å². The molecule has 2 aromatic rings. The van der Waals surface area contributed by atoms with Crippen molar-refractivity contribution in [2.24, 2.45) is 0 Å². The number of hydrogen-bond acceptors (Lipinski definition) is 3. The first-order valence-electron chi connectivity index (χ1n) is 5.64. The smallest absolute Gasteiger partial charge is 0.259 e. The van der Waals surface area contributed by atoms with Crippen molar-refractivity contribution < 1.29 is 14.6 Å². The molecule has 104 valence electrons. The SMILES string of the molecule is COc1c(Cl)cc(Cl)cc1C(=O)Nc1cccc(O)c1. The number of methoxy groups -OCH3 is 1. The molecule has 0 saturated heterocycles. The van der Waals surface area contributed by atoms with Crippen molar-refractivity contribution in [3.8, 4) is 11.5 Å². The Morgan fingerprint density at radius 3 is 2.65 bits per heavy atom. The van der Waals surface area contributed by atoms with Crippen molar-refractivity contribution >= 4 is 34.8 Å². The molecule has 0 radical (unpaired) electrons. The Morgan fingerprint density at radius 2 is 2.00 bits per heavy atom. The van der Waals surface area contributed by atoms with Crippen LogP contribution in [0.1, 0.15) is 10.4 Å². The van der Waals surface area contributed by atoms with Crippen LogP contribution in [0.4, 0.5) is 5.69 Å². The van der Waals surface area contributed by atoms with E-state index in [2.05, 4.69) is 5.32 Å². The maximum Gasteiger partial charge on any atom is 0.259 e. The van der Waals surface area contributed by atoms with Crippen LogP contribution in [0, 0.1) is 0 Å². The normalized spacial score (nSPS) is 10.2. The summed E-state index contributed by atoms with van der Waals surface area (Å²) in [6, 6.07) is 9.16. The van der Waals surface area contributed by atoms with Gasteiger partial charge in [0, 0.05) is 16.8 Å². The summed E-state index contributed by atoms with van der Waals surface area (Å²) in [5, 5.41) is 12.6. The lowest BCUT2D eigenvalue weighted by atomic mass is 10.1. The van der Waals surface area contributed by atoms with Crippen molar-refractivity contribution in [2.75, 3.05) is 12.4 Å². The Bertz CT molecular complexity index is 659. The highest BCUT2D eigenvalue weighted by Gasteiger charge is 2.17. The van der Waals surface area contributed by atoms with E-state index in [0.717, 1.165) is 0 Å². The summed E-state index contributed by atoms with van der Waals surface area (Å²) in [6.07, 6.45) is 0. The molecule has 6 heteroatoms. The van der Waals surface area contributed by atoms with Crippen molar-refractivity contribution in [1.29, 1.82) is 0 Å². The molecular weight excluding hydrogens is 301 g/mol. The zero-order valence-corrected chi connectivity index (χ0v) is 12.0. The summed E-state index contributed by atoms with van der Waals surface area (Å²) in [5.41, 5.74) is 0.668. The van der Waals surface area contributed by atoms with E-state index < -0.39 is 5.91 Å². The van der Waals surface area contributed by atoms with E-state index in [1.165, 1.54) is 31.4 Å². The molecule has 0 aliphatic rings. The Hall–Kier alpha value is -1.91. The monoisotopic (exact) mass is 311 g/mol. The number of anilines is 1. The Balaban J connectivity index is 2.34. The maximum atomic E-state index is 12.2. The van der Waals surface area contributed by atoms with Gasteiger partial charge in [-0.25, -0.2) is 0 Å². The van der Waals surface area contributed by atoms with E-state index in [1.807, 2.05) is 0 Å². The zero-order chi connectivity index (χ0) is 14.7. The maximum absolute atomic E-state index is 12.2. The quantitative estimate of drug-likeness (QED) is 0.902. The molecule has 4 nitrogen and oxygen atoms in total. The molecule has 0 aliphatic carbocycles. The molecule has 0 aromatic heterocycles. The summed E-state index contributed by atoms with van der Waals surface area (Å²) in [6.45, 7) is 0. The number of amides is 1. The summed E-state index contributed by atoms with van der Waals surface area (Å²) in [4.78, 5) is 12.2. The number of halogens is 2. The number of rotatable bonds is 3. The van der Waals surface area contributed by atoms with Gasteiger partial charge in [-0.15, -0.1) is 0 Å². The van der Waals surface area contributed by atoms with E-state index in [-0.39, 0.29) is 22.1 Å². The van der Waals surface area contributed by atoms with E-state index >= 15 is 0 Å². The van der Waals surface area contributed by atoms with Gasteiger partial charge in [0.15, 0.2) is 0 Å². The highest BCUT2D eigenvalue weighted by atomic mass is 35.5. The van der Waals surface area contributed by atoms with Gasteiger partial charge in [-0.05, 0) is 24.3 Å². The average Bonchev–Trinajstić information content (AvgIpc) is 2.37. The minimum absolute atomic E-state index is 0.0545. The molecule has 1 amide bonds. The lowest BCUT2D eigenvalue weighted by Gasteiger charge is -2.11. The molecule has 0 fully saturated rings. The molecule has 2 aromatic carbocycles. The van der Waals surface area contributed by atoms with Crippen LogP contribution in [-0.4, -0.2) is 18.1 Å². The Kier molecular flexibility index (Phi) is 4.37. The van der Waals surface area contributed by atoms with Crippen LogP contribution in [0.2, 0.25) is 10.0 Å². The number of phenols is 1. The van der Waals surface area contributed by atoms with E-state index in [9.17, 15) is 9.90 Å². The molecule has 0 unspecified atom stereocenters. The number of aromatic hydroxyl groups is 1. The summed E-state index contributed by atoms with van der Waals surface area (Å²) in [5.74, 6) is -0.135. The molecule has 2 N–H and O–H groups in total. The summed E-state index contributed by atoms with van der Waals surface area (Å²) in [7, 11) is 1.42. The largest absolute Gasteiger partial charge is 0.508 e. The first-order valence-corrected chi connectivity index (χ1v) is 6.40. The van der Waals surface area contributed by atoms with Crippen LogP contribution in [0.25, 0.3) is 0 Å². The van der Waals surface area contributed by atoms with Crippen LogP contribution in [0.5, 0.6) is 11.5 Å². The van der Waals surface area contributed by atoms with Gasteiger partial charge in [-0.2, -0.15) is 0 Å². The second-order valence-electron chi connectivity index (χ2n) is 3.97. The minimum atomic E-state index is -0.433. The number of nitrogens with one attached hydrogen (secondary N) is 1. The lowest BCUT2D eigenvalue weighted by molar-refractivity contribution is 0.102. The fourth-order valence-corrected chi connectivity index (χ4v) is 2.29. The number of carbonyl (C=O) groups is 1. The van der Waals surface area contributed by atoms with Gasteiger partial charge in [0.1, 0.15) is 11.5 Å². The van der Waals surface area contributed by atoms with Gasteiger partial charge in [0.05, 0.1) is 17.7 Å². The van der Waals surface area contributed by atoms with Gasteiger partial charge in [-0.1, -0.05) is 29.3 Å². The third-order valence-corrected chi connectivity index (χ3v) is 3.06. The van der Waals surface area contributed by atoms with Crippen molar-refractivity contribution in [2.45, 2.75) is 0 Å². The predicted octanol–water partition coefficient (Wildman–Crippen LogP) is 3.96. The van der Waals surface area contributed by atoms with Crippen molar-refractivity contribution in [1.82, 2.24) is 0 Å². The predicted molar refractivity (Wildman–Crippen MR) is 79.1 cm³/mol. The Labute approximate surface area is 125 Å². The number of carbonyl (C=O) groups excluding carboxylic acids is 1. The second-order valence-corrected chi connectivity index (χ2v) is 4.82. The third-order valence-electron chi connectivity index (χ3n) is 2.56. The number of benzene rings is 2. The Morgan fingerprint density at radius 1 is 1.25 bits per heavy atom. The van der Waals surface area contributed by atoms with Crippen LogP contribution < -0.4 is 10.1 Å². The summed E-state index contributed by atoms with van der Waals surface area (Å²) < 4.78 is 5.11. The molecule has 0 atom stereocenters. The highest BCUT2D eigenvalue weighted by Crippen LogP contribution is 2.32. The number of phenolic OH excluding ortho intramolecular Hbond substituents is 1. The van der Waals surface area contributed by atoms with Crippen molar-refractivity contribution in [3.63, 3.8) is 0 Å². The first-order chi connectivity index (χ1) is 9.51. The van der Waals surface area contributed by atoms with E-state index in [0.29, 0.717) is 10.7 Å². The molecule has 0 saturated carbocycles. The molecule has 0 aliphatic heterocycles. The molecule has 20 heavy (non-hydrogen) atoms. The fraction of sp³-hybridized carbons (Fsp3) is 0.0714. The molecule has 0 heterocycles. The van der Waals surface area contributed by atoms with E-state index in [1.54, 1.807) is 12.1 Å². The minimum Gasteiger partial charge on any atom is -0.508 e. The molecule has 0 spiro atoms. The molecule has 0 bridgehead atoms. The van der Waals surface area contributed by atoms with Gasteiger partial charge in [-0.3, -0.25) is 4.79 Å². The topological polar surface area (TPSA) is 58.6 Å². The van der Waals surface area contributed by atoms with Crippen molar-refractivity contribution in [3.05, 3.63) is 52.0 Å². The molecular formula is C14H11Cl2NO3. The van der Waals surface area contributed by atoms with Crippen LogP contribution in [0.15, 0.2) is 36.4 Å². The number of ether oxygens (including phenoxy) is 1. The first kappa shape index (κ1) is 14.5. The standard InChI is InChI=1S/C14H11Cl2NO3/c1-20-13-11(5-8(15)6-12(13)16)14(19)17-9-3-2-4-10(18)7-9/h2-7,18H,1H3,(H,17,19). The van der Waals surface area contributed by atoms with E-state index in [4.69, 9.17) is 27.9 Å². The van der Waals surface area contributed by atoms with Gasteiger partial charge >= 0.3 is 0 Å². The fourth-order valence-electron chi connectivity index (χ4n) is 1.72. The highest BCUT2D eigenvalue weighted by molar-refractivity contribution is 6.36.